The fourth-order valence-electron chi connectivity index (χ4n) is 3.45. The van der Waals surface area contributed by atoms with E-state index in [2.05, 4.69) is 5.32 Å². The lowest BCUT2D eigenvalue weighted by Gasteiger charge is -2.30. The fourth-order valence-corrected chi connectivity index (χ4v) is 3.45. The smallest absolute Gasteiger partial charge is 0.242 e. The van der Waals surface area contributed by atoms with Crippen LogP contribution in [0.25, 0.3) is 0 Å². The first-order valence-corrected chi connectivity index (χ1v) is 10.4. The Morgan fingerprint density at radius 1 is 1.07 bits per heavy atom. The number of nitrogens with one attached hydrogen (secondary N) is 1. The molecule has 6 nitrogen and oxygen atoms in total. The predicted octanol–water partition coefficient (Wildman–Crippen LogP) is 3.60. The van der Waals surface area contributed by atoms with Gasteiger partial charge in [0.2, 0.25) is 18.6 Å². The molecule has 2 aromatic rings. The molecule has 0 radical (unpaired) electrons. The Morgan fingerprint density at radius 2 is 1.80 bits per heavy atom. The number of rotatable bonds is 8. The summed E-state index contributed by atoms with van der Waals surface area (Å²) >= 11 is 0. The van der Waals surface area contributed by atoms with Crippen molar-refractivity contribution in [3.63, 3.8) is 0 Å². The molecule has 2 amide bonds. The number of benzene rings is 2. The maximum absolute atomic E-state index is 13.2. The minimum Gasteiger partial charge on any atom is -0.454 e. The maximum Gasteiger partial charge on any atom is 0.242 e. The molecule has 6 heteroatoms. The first-order chi connectivity index (χ1) is 14.3. The van der Waals surface area contributed by atoms with Crippen molar-refractivity contribution in [2.75, 3.05) is 6.79 Å². The monoisotopic (exact) mass is 410 g/mol. The van der Waals surface area contributed by atoms with E-state index in [0.29, 0.717) is 25.1 Å². The van der Waals surface area contributed by atoms with Crippen LogP contribution < -0.4 is 14.8 Å². The topological polar surface area (TPSA) is 67.9 Å². The molecule has 160 valence electrons. The summed E-state index contributed by atoms with van der Waals surface area (Å²) in [6.07, 6.45) is 0.878. The average Bonchev–Trinajstić information content (AvgIpc) is 3.18. The second-order valence-electron chi connectivity index (χ2n) is 7.98. The van der Waals surface area contributed by atoms with E-state index < -0.39 is 6.04 Å². The minimum absolute atomic E-state index is 0.0176. The van der Waals surface area contributed by atoms with Crippen LogP contribution in [-0.4, -0.2) is 35.6 Å². The van der Waals surface area contributed by atoms with Crippen molar-refractivity contribution in [1.82, 2.24) is 10.2 Å². The van der Waals surface area contributed by atoms with Gasteiger partial charge in [0.25, 0.3) is 0 Å². The van der Waals surface area contributed by atoms with Crippen LogP contribution in [0.5, 0.6) is 11.5 Å². The Kier molecular flexibility index (Phi) is 6.98. The first-order valence-electron chi connectivity index (χ1n) is 10.4. The second kappa shape index (κ2) is 9.65. The van der Waals surface area contributed by atoms with Gasteiger partial charge in [0.15, 0.2) is 11.5 Å². The predicted molar refractivity (Wildman–Crippen MR) is 115 cm³/mol. The number of aryl methyl sites for hydroxylation is 2. The summed E-state index contributed by atoms with van der Waals surface area (Å²) < 4.78 is 10.8. The molecule has 1 atom stereocenters. The highest BCUT2D eigenvalue weighted by molar-refractivity contribution is 5.87. The molecular formula is C24H30N2O4. The van der Waals surface area contributed by atoms with Crippen LogP contribution in [0, 0.1) is 6.92 Å². The van der Waals surface area contributed by atoms with Crippen LogP contribution in [0.2, 0.25) is 0 Å². The Balaban J connectivity index is 1.73. The van der Waals surface area contributed by atoms with Gasteiger partial charge in [0.05, 0.1) is 0 Å². The Bertz CT molecular complexity index is 910. The number of nitrogens with zero attached hydrogens (tertiary/aromatic N) is 1. The summed E-state index contributed by atoms with van der Waals surface area (Å²) in [6.45, 7) is 8.26. The lowest BCUT2D eigenvalue weighted by Crippen LogP contribution is -2.49. The van der Waals surface area contributed by atoms with E-state index in [1.54, 1.807) is 11.8 Å². The summed E-state index contributed by atoms with van der Waals surface area (Å²) in [7, 11) is 0. The van der Waals surface area contributed by atoms with Crippen molar-refractivity contribution in [3.8, 4) is 11.5 Å². The van der Waals surface area contributed by atoms with Crippen molar-refractivity contribution in [1.29, 1.82) is 0 Å². The van der Waals surface area contributed by atoms with Crippen molar-refractivity contribution < 1.29 is 19.1 Å². The number of amides is 2. The summed E-state index contributed by atoms with van der Waals surface area (Å²) in [5.74, 6) is 1.24. The van der Waals surface area contributed by atoms with Gasteiger partial charge in [-0.25, -0.2) is 0 Å². The van der Waals surface area contributed by atoms with Gasteiger partial charge in [0.1, 0.15) is 6.04 Å². The van der Waals surface area contributed by atoms with Gasteiger partial charge in [0, 0.05) is 19.0 Å². The average molecular weight is 411 g/mol. The SMILES string of the molecule is Cc1ccccc1CN(C(=O)CCc1ccc2c(c1)OCO2)C(C)C(=O)NC(C)C. The zero-order chi connectivity index (χ0) is 21.7. The molecule has 1 N–H and O–H groups in total. The van der Waals surface area contributed by atoms with Crippen LogP contribution in [0.15, 0.2) is 42.5 Å². The third-order valence-electron chi connectivity index (χ3n) is 5.26. The molecule has 0 fully saturated rings. The largest absolute Gasteiger partial charge is 0.454 e. The molecule has 0 aromatic heterocycles. The van der Waals surface area contributed by atoms with Crippen molar-refractivity contribution in [2.24, 2.45) is 0 Å². The van der Waals surface area contributed by atoms with Crippen LogP contribution in [0.3, 0.4) is 0 Å². The normalized spacial score (nSPS) is 13.2. The second-order valence-corrected chi connectivity index (χ2v) is 7.98. The van der Waals surface area contributed by atoms with Gasteiger partial charge in [-0.1, -0.05) is 30.3 Å². The molecule has 0 aliphatic carbocycles. The molecule has 3 rings (SSSR count). The van der Waals surface area contributed by atoms with Crippen LogP contribution in [0.1, 0.15) is 43.9 Å². The highest BCUT2D eigenvalue weighted by Crippen LogP contribution is 2.32. The van der Waals surface area contributed by atoms with E-state index in [1.165, 1.54) is 0 Å². The summed E-state index contributed by atoms with van der Waals surface area (Å²) in [5, 5.41) is 2.92. The van der Waals surface area contributed by atoms with E-state index >= 15 is 0 Å². The molecule has 0 bridgehead atoms. The molecule has 1 unspecified atom stereocenters. The number of ether oxygens (including phenoxy) is 2. The lowest BCUT2D eigenvalue weighted by molar-refractivity contribution is -0.140. The summed E-state index contributed by atoms with van der Waals surface area (Å²) in [5.41, 5.74) is 3.14. The number of carbonyl (C=O) groups excluding carboxylic acids is 2. The molecule has 0 saturated carbocycles. The first kappa shape index (κ1) is 21.7. The van der Waals surface area contributed by atoms with Crippen molar-refractivity contribution >= 4 is 11.8 Å². The Morgan fingerprint density at radius 3 is 2.53 bits per heavy atom. The molecule has 2 aromatic carbocycles. The number of carbonyl (C=O) groups is 2. The molecule has 1 heterocycles. The van der Waals surface area contributed by atoms with Gasteiger partial charge in [-0.3, -0.25) is 9.59 Å². The quantitative estimate of drug-likeness (QED) is 0.722. The van der Waals surface area contributed by atoms with Gasteiger partial charge in [-0.2, -0.15) is 0 Å². The zero-order valence-electron chi connectivity index (χ0n) is 18.1. The molecule has 0 saturated heterocycles. The highest BCUT2D eigenvalue weighted by atomic mass is 16.7. The third kappa shape index (κ3) is 5.32. The molecule has 0 spiro atoms. The van der Waals surface area contributed by atoms with E-state index in [9.17, 15) is 9.59 Å². The van der Waals surface area contributed by atoms with Crippen molar-refractivity contribution in [3.05, 3.63) is 59.2 Å². The summed E-state index contributed by atoms with van der Waals surface area (Å²) in [6, 6.07) is 13.1. The lowest BCUT2D eigenvalue weighted by atomic mass is 10.1. The third-order valence-corrected chi connectivity index (χ3v) is 5.26. The van der Waals surface area contributed by atoms with Gasteiger partial charge in [-0.05, 0) is 62.9 Å². The van der Waals surface area contributed by atoms with Crippen LogP contribution in [0.4, 0.5) is 0 Å². The van der Waals surface area contributed by atoms with Gasteiger partial charge in [-0.15, -0.1) is 0 Å². The standard InChI is InChI=1S/C24H30N2O4/c1-16(2)25-24(28)18(4)26(14-20-8-6-5-7-17(20)3)23(27)12-10-19-9-11-21-22(13-19)30-15-29-21/h5-9,11,13,16,18H,10,12,14-15H2,1-4H3,(H,25,28). The molecule has 1 aliphatic rings. The molecule has 1 aliphatic heterocycles. The summed E-state index contributed by atoms with van der Waals surface area (Å²) in [4.78, 5) is 27.5. The Hall–Kier alpha value is -3.02. The number of hydrogen-bond acceptors (Lipinski definition) is 4. The number of hydrogen-bond donors (Lipinski definition) is 1. The molecular weight excluding hydrogens is 380 g/mol. The van der Waals surface area contributed by atoms with E-state index in [4.69, 9.17) is 9.47 Å². The van der Waals surface area contributed by atoms with Crippen LogP contribution >= 0.6 is 0 Å². The van der Waals surface area contributed by atoms with E-state index in [-0.39, 0.29) is 24.6 Å². The van der Waals surface area contributed by atoms with Gasteiger partial charge >= 0.3 is 0 Å². The van der Waals surface area contributed by atoms with E-state index in [0.717, 1.165) is 22.4 Å². The minimum atomic E-state index is -0.559. The highest BCUT2D eigenvalue weighted by Gasteiger charge is 2.26. The van der Waals surface area contributed by atoms with Crippen molar-refractivity contribution in [2.45, 2.75) is 59.2 Å². The zero-order valence-corrected chi connectivity index (χ0v) is 18.1. The van der Waals surface area contributed by atoms with Gasteiger partial charge < -0.3 is 19.7 Å². The van der Waals surface area contributed by atoms with Crippen LogP contribution in [-0.2, 0) is 22.6 Å². The fraction of sp³-hybridized carbons (Fsp3) is 0.417. The number of fused-ring (bicyclic) bond motifs is 1. The Labute approximate surface area is 178 Å². The van der Waals surface area contributed by atoms with E-state index in [1.807, 2.05) is 63.2 Å². The molecule has 30 heavy (non-hydrogen) atoms. The maximum atomic E-state index is 13.2.